The van der Waals surface area contributed by atoms with Gasteiger partial charge in [0.25, 0.3) is 0 Å². The summed E-state index contributed by atoms with van der Waals surface area (Å²) in [6.07, 6.45) is 1.73. The minimum Gasteiger partial charge on any atom is -0.491 e. The van der Waals surface area contributed by atoms with Crippen molar-refractivity contribution in [2.24, 2.45) is 0 Å². The Hall–Kier alpha value is -1.02. The summed E-state index contributed by atoms with van der Waals surface area (Å²) < 4.78 is 5.24. The topological polar surface area (TPSA) is 22.1 Å². The van der Waals surface area contributed by atoms with E-state index in [0.29, 0.717) is 12.4 Å². The normalized spacial score (nSPS) is 11.3. The average Bonchev–Trinajstić information content (AvgIpc) is 2.16. The first-order valence-electron chi connectivity index (χ1n) is 3.62. The van der Waals surface area contributed by atoms with Crippen LogP contribution in [-0.4, -0.2) is 4.98 Å². The molecular formula is C9H10ClNO. The van der Waals surface area contributed by atoms with Crippen LogP contribution in [0.25, 0.3) is 0 Å². The summed E-state index contributed by atoms with van der Waals surface area (Å²) in [6, 6.07) is 5.70. The van der Waals surface area contributed by atoms with Crippen molar-refractivity contribution in [2.45, 2.75) is 13.5 Å². The van der Waals surface area contributed by atoms with Crippen LogP contribution < -0.4 is 0 Å². The number of aromatic nitrogens is 1. The van der Waals surface area contributed by atoms with Crippen LogP contribution in [0.3, 0.4) is 0 Å². The number of hydrogen-bond donors (Lipinski definition) is 0. The van der Waals surface area contributed by atoms with E-state index in [4.69, 9.17) is 16.3 Å². The van der Waals surface area contributed by atoms with Crippen LogP contribution in [0.2, 0.25) is 0 Å². The second-order valence-electron chi connectivity index (χ2n) is 2.33. The Morgan fingerprint density at radius 1 is 1.67 bits per heavy atom. The van der Waals surface area contributed by atoms with E-state index >= 15 is 0 Å². The molecule has 1 aromatic rings. The lowest BCUT2D eigenvalue weighted by Crippen LogP contribution is -1.92. The van der Waals surface area contributed by atoms with Crippen LogP contribution in [0.5, 0.6) is 0 Å². The lowest BCUT2D eigenvalue weighted by molar-refractivity contribution is 0.198. The first-order chi connectivity index (χ1) is 5.83. The molecule has 1 aromatic heterocycles. The number of allylic oxidation sites excluding steroid dienone is 1. The molecule has 0 atom stereocenters. The quantitative estimate of drug-likeness (QED) is 0.673. The van der Waals surface area contributed by atoms with Crippen LogP contribution in [0.1, 0.15) is 12.6 Å². The highest BCUT2D eigenvalue weighted by atomic mass is 35.5. The first-order valence-corrected chi connectivity index (χ1v) is 4.06. The van der Waals surface area contributed by atoms with Gasteiger partial charge in [-0.1, -0.05) is 17.7 Å². The number of halogens is 1. The van der Waals surface area contributed by atoms with Crippen LogP contribution in [-0.2, 0) is 11.3 Å². The molecule has 0 saturated carbocycles. The summed E-state index contributed by atoms with van der Waals surface area (Å²) in [5.74, 6) is 0.697. The maximum Gasteiger partial charge on any atom is 0.130 e. The van der Waals surface area contributed by atoms with Gasteiger partial charge in [0.2, 0.25) is 0 Å². The van der Waals surface area contributed by atoms with E-state index in [9.17, 15) is 0 Å². The van der Waals surface area contributed by atoms with Gasteiger partial charge in [0.1, 0.15) is 12.4 Å². The Kier molecular flexibility index (Phi) is 3.61. The van der Waals surface area contributed by atoms with Crippen molar-refractivity contribution in [1.29, 1.82) is 0 Å². The second kappa shape index (κ2) is 4.78. The summed E-state index contributed by atoms with van der Waals surface area (Å²) in [5, 5.41) is 0. The van der Waals surface area contributed by atoms with Crippen molar-refractivity contribution in [3.63, 3.8) is 0 Å². The first kappa shape index (κ1) is 9.07. The molecule has 12 heavy (non-hydrogen) atoms. The van der Waals surface area contributed by atoms with E-state index < -0.39 is 0 Å². The van der Waals surface area contributed by atoms with Gasteiger partial charge in [-0.25, -0.2) is 0 Å². The van der Waals surface area contributed by atoms with Gasteiger partial charge in [-0.15, -0.1) is 0 Å². The zero-order valence-corrected chi connectivity index (χ0v) is 7.58. The van der Waals surface area contributed by atoms with Gasteiger partial charge in [-0.2, -0.15) is 0 Å². The number of nitrogens with zero attached hydrogens (tertiary/aromatic N) is 1. The molecule has 0 radical (unpaired) electrons. The van der Waals surface area contributed by atoms with E-state index in [-0.39, 0.29) is 0 Å². The van der Waals surface area contributed by atoms with Gasteiger partial charge < -0.3 is 4.74 Å². The van der Waals surface area contributed by atoms with Crippen molar-refractivity contribution in [3.8, 4) is 0 Å². The third-order valence-electron chi connectivity index (χ3n) is 1.33. The Morgan fingerprint density at radius 3 is 3.08 bits per heavy atom. The van der Waals surface area contributed by atoms with E-state index in [0.717, 1.165) is 5.69 Å². The highest BCUT2D eigenvalue weighted by Gasteiger charge is 1.92. The van der Waals surface area contributed by atoms with Gasteiger partial charge in [-0.3, -0.25) is 4.98 Å². The molecule has 0 N–H and O–H groups in total. The molecule has 0 spiro atoms. The Bertz CT molecular complexity index is 258. The van der Waals surface area contributed by atoms with Crippen molar-refractivity contribution in [3.05, 3.63) is 41.4 Å². The van der Waals surface area contributed by atoms with Crippen molar-refractivity contribution >= 4 is 11.6 Å². The molecular weight excluding hydrogens is 174 g/mol. The molecule has 1 rings (SSSR count). The van der Waals surface area contributed by atoms with Crippen LogP contribution in [0.4, 0.5) is 0 Å². The van der Waals surface area contributed by atoms with Crippen molar-refractivity contribution in [2.75, 3.05) is 0 Å². The predicted molar refractivity (Wildman–Crippen MR) is 48.6 cm³/mol. The highest BCUT2D eigenvalue weighted by Crippen LogP contribution is 2.03. The molecule has 0 aliphatic carbocycles. The van der Waals surface area contributed by atoms with Crippen molar-refractivity contribution in [1.82, 2.24) is 4.98 Å². The summed E-state index contributed by atoms with van der Waals surface area (Å²) in [5.41, 5.74) is 2.30. The minimum atomic E-state index is 0.468. The molecule has 0 aromatic carbocycles. The third-order valence-corrected chi connectivity index (χ3v) is 1.63. The maximum atomic E-state index is 5.41. The summed E-state index contributed by atoms with van der Waals surface area (Å²) in [6.45, 7) is 2.27. The maximum absolute atomic E-state index is 5.41. The Morgan fingerprint density at radius 2 is 2.50 bits per heavy atom. The molecule has 1 heterocycles. The van der Waals surface area contributed by atoms with Gasteiger partial charge in [0.15, 0.2) is 0 Å². The predicted octanol–water partition coefficient (Wildman–Crippen LogP) is 2.70. The van der Waals surface area contributed by atoms with Crippen LogP contribution in [0, 0.1) is 0 Å². The molecule has 64 valence electrons. The number of pyridine rings is 1. The summed E-state index contributed by atoms with van der Waals surface area (Å²) in [4.78, 5) is 4.09. The smallest absolute Gasteiger partial charge is 0.130 e. The molecule has 0 amide bonds. The SMILES string of the molecule is C/C(=C/Cl)OCc1ccccn1. The largest absolute Gasteiger partial charge is 0.491 e. The zero-order chi connectivity index (χ0) is 8.81. The molecule has 0 aliphatic rings. The molecule has 0 fully saturated rings. The van der Waals surface area contributed by atoms with Gasteiger partial charge in [-0.05, 0) is 19.1 Å². The summed E-state index contributed by atoms with van der Waals surface area (Å²) in [7, 11) is 0. The van der Waals surface area contributed by atoms with E-state index in [1.807, 2.05) is 18.2 Å². The van der Waals surface area contributed by atoms with Gasteiger partial charge >= 0.3 is 0 Å². The van der Waals surface area contributed by atoms with Crippen molar-refractivity contribution < 1.29 is 4.74 Å². The Balaban J connectivity index is 2.44. The Labute approximate surface area is 76.8 Å². The van der Waals surface area contributed by atoms with Gasteiger partial charge in [0, 0.05) is 11.7 Å². The molecule has 2 nitrogen and oxygen atoms in total. The molecule has 0 bridgehead atoms. The molecule has 3 heteroatoms. The zero-order valence-electron chi connectivity index (χ0n) is 6.83. The van der Waals surface area contributed by atoms with E-state index in [1.165, 1.54) is 5.54 Å². The molecule has 0 aliphatic heterocycles. The fourth-order valence-electron chi connectivity index (χ4n) is 0.703. The highest BCUT2D eigenvalue weighted by molar-refractivity contribution is 6.25. The minimum absolute atomic E-state index is 0.468. The number of ether oxygens (including phenoxy) is 1. The monoisotopic (exact) mass is 183 g/mol. The molecule has 0 saturated heterocycles. The standard InChI is InChI=1S/C9H10ClNO/c1-8(6-10)12-7-9-4-2-3-5-11-9/h2-6H,7H2,1H3/b8-6-. The third kappa shape index (κ3) is 2.93. The van der Waals surface area contributed by atoms with E-state index in [2.05, 4.69) is 4.98 Å². The number of hydrogen-bond acceptors (Lipinski definition) is 2. The van der Waals surface area contributed by atoms with E-state index in [1.54, 1.807) is 13.1 Å². The van der Waals surface area contributed by atoms with Gasteiger partial charge in [0.05, 0.1) is 5.69 Å². The fourth-order valence-corrected chi connectivity index (χ4v) is 0.766. The lowest BCUT2D eigenvalue weighted by Gasteiger charge is -2.03. The van der Waals surface area contributed by atoms with Crippen LogP contribution >= 0.6 is 11.6 Å². The molecule has 0 unspecified atom stereocenters. The fraction of sp³-hybridized carbons (Fsp3) is 0.222. The lowest BCUT2D eigenvalue weighted by atomic mass is 10.4. The van der Waals surface area contributed by atoms with Crippen LogP contribution in [0.15, 0.2) is 35.7 Å². The summed E-state index contributed by atoms with van der Waals surface area (Å²) >= 11 is 5.41. The number of rotatable bonds is 3. The average molecular weight is 184 g/mol. The second-order valence-corrected chi connectivity index (χ2v) is 2.55.